The number of halogens is 3. The van der Waals surface area contributed by atoms with E-state index in [1.165, 1.54) is 11.8 Å². The molecule has 1 atom stereocenters. The quantitative estimate of drug-likeness (QED) is 0.457. The van der Waals surface area contributed by atoms with Crippen LogP contribution in [0.5, 0.6) is 0 Å². The van der Waals surface area contributed by atoms with Gasteiger partial charge in [-0.15, -0.1) is 10.2 Å². The monoisotopic (exact) mass is 468 g/mol. The molecule has 1 aliphatic carbocycles. The van der Waals surface area contributed by atoms with Crippen molar-refractivity contribution in [3.05, 3.63) is 29.6 Å². The fourth-order valence-electron chi connectivity index (χ4n) is 3.47. The Morgan fingerprint density at radius 2 is 1.88 bits per heavy atom. The molecule has 1 aromatic heterocycles. The van der Waals surface area contributed by atoms with Crippen LogP contribution in [-0.2, 0) is 9.59 Å². The van der Waals surface area contributed by atoms with Gasteiger partial charge in [0.25, 0.3) is 0 Å². The van der Waals surface area contributed by atoms with Crippen molar-refractivity contribution >= 4 is 35.2 Å². The van der Waals surface area contributed by atoms with Crippen molar-refractivity contribution in [1.29, 1.82) is 0 Å². The zero-order valence-electron chi connectivity index (χ0n) is 17.4. The predicted molar refractivity (Wildman–Crippen MR) is 113 cm³/mol. The van der Waals surface area contributed by atoms with Crippen LogP contribution in [0.15, 0.2) is 17.3 Å². The van der Waals surface area contributed by atoms with Crippen LogP contribution < -0.4 is 15.5 Å². The van der Waals surface area contributed by atoms with E-state index in [4.69, 9.17) is 0 Å². The molecule has 8 nitrogen and oxygen atoms in total. The minimum absolute atomic E-state index is 0.343. The van der Waals surface area contributed by atoms with Crippen molar-refractivity contribution in [1.82, 2.24) is 20.1 Å². The molecule has 1 saturated carbocycles. The lowest BCUT2D eigenvalue weighted by Gasteiger charge is -2.18. The van der Waals surface area contributed by atoms with Crippen LogP contribution in [0, 0.1) is 17.5 Å². The minimum Gasteiger partial charge on any atom is -0.346 e. The highest BCUT2D eigenvalue weighted by atomic mass is 32.2. The molecule has 1 saturated heterocycles. The first-order chi connectivity index (χ1) is 15.3. The highest BCUT2D eigenvalue weighted by molar-refractivity contribution is 8.00. The Labute approximate surface area is 186 Å². The fraction of sp³-hybridized carbons (Fsp3) is 0.500. The number of carbonyl (C=O) groups excluding carboxylic acids is 2. The SMILES string of the molecule is CC(Sc1nnc(N2CCCC2)n1C1CC1)C(=O)NCC(=O)Nc1ccc(F)c(F)c1F. The number of hydrogen-bond acceptors (Lipinski definition) is 6. The van der Waals surface area contributed by atoms with E-state index in [1.54, 1.807) is 6.92 Å². The fourth-order valence-corrected chi connectivity index (χ4v) is 4.41. The third-order valence-electron chi connectivity index (χ3n) is 5.33. The van der Waals surface area contributed by atoms with E-state index in [-0.39, 0.29) is 0 Å². The highest BCUT2D eigenvalue weighted by Gasteiger charge is 2.33. The maximum Gasteiger partial charge on any atom is 0.243 e. The smallest absolute Gasteiger partial charge is 0.243 e. The normalized spacial score (nSPS) is 16.8. The Morgan fingerprint density at radius 3 is 2.56 bits per heavy atom. The van der Waals surface area contributed by atoms with Gasteiger partial charge in [0.15, 0.2) is 22.6 Å². The molecule has 1 aromatic carbocycles. The van der Waals surface area contributed by atoms with Crippen molar-refractivity contribution in [2.45, 2.75) is 49.1 Å². The average molecular weight is 469 g/mol. The number of nitrogens with zero attached hydrogens (tertiary/aromatic N) is 4. The number of rotatable bonds is 8. The summed E-state index contributed by atoms with van der Waals surface area (Å²) in [6.07, 6.45) is 4.34. The molecule has 2 fully saturated rings. The number of thioether (sulfide) groups is 1. The van der Waals surface area contributed by atoms with E-state index in [1.807, 2.05) is 0 Å². The first-order valence-electron chi connectivity index (χ1n) is 10.4. The molecule has 2 heterocycles. The molecule has 32 heavy (non-hydrogen) atoms. The van der Waals surface area contributed by atoms with Gasteiger partial charge in [-0.25, -0.2) is 13.2 Å². The van der Waals surface area contributed by atoms with Gasteiger partial charge in [0.1, 0.15) is 0 Å². The van der Waals surface area contributed by atoms with Crippen LogP contribution in [-0.4, -0.2) is 51.5 Å². The molecule has 12 heteroatoms. The van der Waals surface area contributed by atoms with E-state index in [9.17, 15) is 22.8 Å². The molecular formula is C20H23F3N6O2S. The topological polar surface area (TPSA) is 92.2 Å². The first kappa shape index (κ1) is 22.4. The van der Waals surface area contributed by atoms with Gasteiger partial charge in [0.05, 0.1) is 17.5 Å². The van der Waals surface area contributed by atoms with Crippen LogP contribution in [0.25, 0.3) is 0 Å². The Morgan fingerprint density at radius 1 is 1.16 bits per heavy atom. The van der Waals surface area contributed by atoms with Crippen molar-refractivity contribution < 1.29 is 22.8 Å². The maximum absolute atomic E-state index is 13.7. The number of anilines is 2. The second-order valence-corrected chi connectivity index (χ2v) is 9.13. The summed E-state index contributed by atoms with van der Waals surface area (Å²) in [6, 6.07) is 1.96. The number of nitrogens with one attached hydrogen (secondary N) is 2. The van der Waals surface area contributed by atoms with E-state index < -0.39 is 46.7 Å². The summed E-state index contributed by atoms with van der Waals surface area (Å²) < 4.78 is 42.0. The van der Waals surface area contributed by atoms with Crippen molar-refractivity contribution in [3.8, 4) is 0 Å². The summed E-state index contributed by atoms with van der Waals surface area (Å²) >= 11 is 1.26. The van der Waals surface area contributed by atoms with Gasteiger partial charge in [0, 0.05) is 19.1 Å². The number of hydrogen-bond donors (Lipinski definition) is 2. The van der Waals surface area contributed by atoms with Crippen LogP contribution in [0.2, 0.25) is 0 Å². The molecule has 172 valence electrons. The standard InChI is InChI=1S/C20H23F3N6O2S/c1-11(18(31)24-10-15(30)25-14-7-6-13(21)16(22)17(14)23)32-20-27-26-19(28-8-2-3-9-28)29(20)12-4-5-12/h6-7,11-12H,2-5,8-10H2,1H3,(H,24,31)(H,25,30). The van der Waals surface area contributed by atoms with E-state index in [0.29, 0.717) is 17.3 Å². The summed E-state index contributed by atoms with van der Waals surface area (Å²) in [5, 5.41) is 13.3. The van der Waals surface area contributed by atoms with Gasteiger partial charge < -0.3 is 15.5 Å². The third kappa shape index (κ3) is 4.84. The number of aromatic nitrogens is 3. The molecule has 2 amide bonds. The molecule has 2 aromatic rings. The molecule has 2 aliphatic rings. The molecule has 4 rings (SSSR count). The zero-order chi connectivity index (χ0) is 22.8. The Kier molecular flexibility index (Phi) is 6.58. The van der Waals surface area contributed by atoms with Gasteiger partial charge in [-0.3, -0.25) is 14.2 Å². The summed E-state index contributed by atoms with van der Waals surface area (Å²) in [5.41, 5.74) is -0.502. The largest absolute Gasteiger partial charge is 0.346 e. The second-order valence-electron chi connectivity index (χ2n) is 7.83. The van der Waals surface area contributed by atoms with Gasteiger partial charge in [-0.2, -0.15) is 0 Å². The van der Waals surface area contributed by atoms with Crippen LogP contribution >= 0.6 is 11.8 Å². The summed E-state index contributed by atoms with van der Waals surface area (Å²) in [5.74, 6) is -4.87. The maximum atomic E-state index is 13.7. The molecular weight excluding hydrogens is 445 g/mol. The van der Waals surface area contributed by atoms with E-state index >= 15 is 0 Å². The van der Waals surface area contributed by atoms with E-state index in [2.05, 4.69) is 30.3 Å². The van der Waals surface area contributed by atoms with Crippen molar-refractivity contribution in [2.75, 3.05) is 29.9 Å². The lowest BCUT2D eigenvalue weighted by molar-refractivity contribution is -0.123. The summed E-state index contributed by atoms with van der Waals surface area (Å²) in [4.78, 5) is 26.7. The van der Waals surface area contributed by atoms with Crippen LogP contribution in [0.4, 0.5) is 24.8 Å². The Bertz CT molecular complexity index is 1020. The van der Waals surface area contributed by atoms with Crippen molar-refractivity contribution in [3.63, 3.8) is 0 Å². The van der Waals surface area contributed by atoms with Crippen LogP contribution in [0.3, 0.4) is 0 Å². The first-order valence-corrected chi connectivity index (χ1v) is 11.3. The highest BCUT2D eigenvalue weighted by Crippen LogP contribution is 2.42. The Hall–Kier alpha value is -2.76. The number of carbonyl (C=O) groups is 2. The predicted octanol–water partition coefficient (Wildman–Crippen LogP) is 2.87. The summed E-state index contributed by atoms with van der Waals surface area (Å²) in [7, 11) is 0. The van der Waals surface area contributed by atoms with Gasteiger partial charge in [0.2, 0.25) is 17.8 Å². The Balaban J connectivity index is 1.33. The molecule has 1 unspecified atom stereocenters. The number of amides is 2. The molecule has 1 aliphatic heterocycles. The molecule has 0 spiro atoms. The minimum atomic E-state index is -1.68. The molecule has 0 bridgehead atoms. The zero-order valence-corrected chi connectivity index (χ0v) is 18.2. The van der Waals surface area contributed by atoms with Gasteiger partial charge >= 0.3 is 0 Å². The molecule has 0 radical (unpaired) electrons. The van der Waals surface area contributed by atoms with Crippen LogP contribution in [0.1, 0.15) is 38.6 Å². The lowest BCUT2D eigenvalue weighted by Crippen LogP contribution is -2.37. The lowest BCUT2D eigenvalue weighted by atomic mass is 10.2. The van der Waals surface area contributed by atoms with Gasteiger partial charge in [-0.05, 0) is 44.7 Å². The van der Waals surface area contributed by atoms with Crippen molar-refractivity contribution in [2.24, 2.45) is 0 Å². The van der Waals surface area contributed by atoms with Gasteiger partial charge in [-0.1, -0.05) is 11.8 Å². The third-order valence-corrected chi connectivity index (χ3v) is 6.39. The van der Waals surface area contributed by atoms with E-state index in [0.717, 1.165) is 50.8 Å². The molecule has 2 N–H and O–H groups in total. The average Bonchev–Trinajstić information content (AvgIpc) is 3.29. The second kappa shape index (κ2) is 9.39. The number of benzene rings is 1. The summed E-state index contributed by atoms with van der Waals surface area (Å²) in [6.45, 7) is 3.13.